The first kappa shape index (κ1) is 22.3. The number of anilines is 1. The van der Waals surface area contributed by atoms with Crippen LogP contribution in [-0.4, -0.2) is 28.4 Å². The van der Waals surface area contributed by atoms with Gasteiger partial charge in [-0.2, -0.15) is 17.5 Å². The highest BCUT2D eigenvalue weighted by Gasteiger charge is 2.30. The number of hydrogen-bond donors (Lipinski definition) is 1. The molecule has 2 heterocycles. The lowest BCUT2D eigenvalue weighted by Crippen LogP contribution is -2.40. The third-order valence-corrected chi connectivity index (χ3v) is 6.33. The first-order valence-corrected chi connectivity index (χ1v) is 11.2. The number of carbonyl (C=O) groups excluding carboxylic acids is 1. The van der Waals surface area contributed by atoms with E-state index in [1.807, 2.05) is 30.3 Å². The van der Waals surface area contributed by atoms with E-state index < -0.39 is 11.7 Å². The van der Waals surface area contributed by atoms with E-state index in [-0.39, 0.29) is 18.4 Å². The average molecular weight is 461 g/mol. The van der Waals surface area contributed by atoms with Gasteiger partial charge in [0.25, 0.3) is 0 Å². The second-order valence-corrected chi connectivity index (χ2v) is 8.56. The molecule has 0 unspecified atom stereocenters. The molecule has 9 heteroatoms. The Morgan fingerprint density at radius 3 is 2.50 bits per heavy atom. The topological polar surface area (TPSA) is 58.1 Å². The van der Waals surface area contributed by atoms with Crippen molar-refractivity contribution in [2.24, 2.45) is 5.92 Å². The Balaban J connectivity index is 1.26. The van der Waals surface area contributed by atoms with Crippen LogP contribution in [0.5, 0.6) is 0 Å². The normalized spacial score (nSPS) is 15.0. The number of aromatic nitrogens is 2. The van der Waals surface area contributed by atoms with Gasteiger partial charge in [0.1, 0.15) is 5.82 Å². The van der Waals surface area contributed by atoms with Crippen molar-refractivity contribution in [3.8, 4) is 0 Å². The van der Waals surface area contributed by atoms with E-state index in [1.54, 1.807) is 6.07 Å². The zero-order valence-corrected chi connectivity index (χ0v) is 18.1. The summed E-state index contributed by atoms with van der Waals surface area (Å²) in [6.07, 6.45) is -2.37. The minimum absolute atomic E-state index is 0.0855. The number of alkyl halides is 3. The molecule has 0 spiro atoms. The number of halogens is 3. The molecule has 0 aliphatic carbocycles. The summed E-state index contributed by atoms with van der Waals surface area (Å²) < 4.78 is 43.0. The molecule has 2 aromatic carbocycles. The molecule has 1 amide bonds. The molecule has 3 aromatic rings. The van der Waals surface area contributed by atoms with Crippen molar-refractivity contribution in [1.29, 1.82) is 0 Å². The Morgan fingerprint density at radius 1 is 1.06 bits per heavy atom. The van der Waals surface area contributed by atoms with Gasteiger partial charge in [-0.25, -0.2) is 4.98 Å². The number of rotatable bonds is 6. The SMILES string of the molecule is O=C(NCc1cccc(C(F)(F)F)c1)C1CCN(c2nc(Cc3ccccc3)ns2)CC1. The first-order chi connectivity index (χ1) is 15.4. The Labute approximate surface area is 188 Å². The Bertz CT molecular complexity index is 1050. The van der Waals surface area contributed by atoms with E-state index in [2.05, 4.69) is 19.6 Å². The number of piperidine rings is 1. The van der Waals surface area contributed by atoms with Crippen molar-refractivity contribution < 1.29 is 18.0 Å². The number of nitrogens with zero attached hydrogens (tertiary/aromatic N) is 3. The molecule has 168 valence electrons. The van der Waals surface area contributed by atoms with Crippen LogP contribution >= 0.6 is 11.5 Å². The molecule has 1 aliphatic heterocycles. The van der Waals surface area contributed by atoms with Crippen molar-refractivity contribution in [2.75, 3.05) is 18.0 Å². The minimum atomic E-state index is -4.39. The number of nitrogens with one attached hydrogen (secondary N) is 1. The number of amides is 1. The van der Waals surface area contributed by atoms with Gasteiger partial charge in [-0.1, -0.05) is 42.5 Å². The van der Waals surface area contributed by atoms with Crippen LogP contribution in [0.3, 0.4) is 0 Å². The molecule has 0 atom stereocenters. The molecular weight excluding hydrogens is 437 g/mol. The van der Waals surface area contributed by atoms with Gasteiger partial charge in [0, 0.05) is 43.5 Å². The van der Waals surface area contributed by atoms with E-state index in [0.717, 1.165) is 28.7 Å². The lowest BCUT2D eigenvalue weighted by atomic mass is 9.96. The number of carbonyl (C=O) groups is 1. The van der Waals surface area contributed by atoms with Crippen molar-refractivity contribution in [3.63, 3.8) is 0 Å². The van der Waals surface area contributed by atoms with Crippen molar-refractivity contribution in [3.05, 3.63) is 77.1 Å². The maximum atomic E-state index is 12.8. The quantitative estimate of drug-likeness (QED) is 0.580. The second kappa shape index (κ2) is 9.68. The smallest absolute Gasteiger partial charge is 0.352 e. The molecule has 5 nitrogen and oxygen atoms in total. The zero-order valence-electron chi connectivity index (χ0n) is 17.3. The third kappa shape index (κ3) is 5.64. The van der Waals surface area contributed by atoms with Crippen LogP contribution in [0.1, 0.15) is 35.4 Å². The molecule has 32 heavy (non-hydrogen) atoms. The summed E-state index contributed by atoms with van der Waals surface area (Å²) in [5.74, 6) is 0.509. The Morgan fingerprint density at radius 2 is 1.78 bits per heavy atom. The largest absolute Gasteiger partial charge is 0.416 e. The van der Waals surface area contributed by atoms with Crippen molar-refractivity contribution in [2.45, 2.75) is 32.0 Å². The summed E-state index contributed by atoms with van der Waals surface area (Å²) in [7, 11) is 0. The molecule has 1 fully saturated rings. The summed E-state index contributed by atoms with van der Waals surface area (Å²) in [6.45, 7) is 1.48. The molecule has 1 N–H and O–H groups in total. The third-order valence-electron chi connectivity index (χ3n) is 5.52. The monoisotopic (exact) mass is 460 g/mol. The summed E-state index contributed by atoms with van der Waals surface area (Å²) in [6, 6.07) is 15.1. The summed E-state index contributed by atoms with van der Waals surface area (Å²) in [5.41, 5.74) is 0.889. The van der Waals surface area contributed by atoms with Gasteiger partial charge in [0.2, 0.25) is 11.0 Å². The molecule has 0 radical (unpaired) electrons. The second-order valence-electron chi connectivity index (χ2n) is 7.83. The van der Waals surface area contributed by atoms with Gasteiger partial charge < -0.3 is 10.2 Å². The lowest BCUT2D eigenvalue weighted by Gasteiger charge is -2.30. The van der Waals surface area contributed by atoms with E-state index in [0.29, 0.717) is 37.9 Å². The fourth-order valence-corrected chi connectivity index (χ4v) is 4.48. The van der Waals surface area contributed by atoms with Crippen molar-refractivity contribution in [1.82, 2.24) is 14.7 Å². The van der Waals surface area contributed by atoms with Gasteiger partial charge >= 0.3 is 6.18 Å². The average Bonchev–Trinajstić information content (AvgIpc) is 3.26. The minimum Gasteiger partial charge on any atom is -0.352 e. The van der Waals surface area contributed by atoms with E-state index in [1.165, 1.54) is 17.6 Å². The van der Waals surface area contributed by atoms with Gasteiger partial charge in [-0.05, 0) is 36.1 Å². The van der Waals surface area contributed by atoms with Crippen LogP contribution in [-0.2, 0) is 23.9 Å². The maximum Gasteiger partial charge on any atom is 0.416 e. The van der Waals surface area contributed by atoms with Crippen LogP contribution < -0.4 is 10.2 Å². The van der Waals surface area contributed by atoms with E-state index in [9.17, 15) is 18.0 Å². The fourth-order valence-electron chi connectivity index (χ4n) is 3.75. The predicted octanol–water partition coefficient (Wildman–Crippen LogP) is 4.68. The molecule has 0 bridgehead atoms. The Kier molecular flexibility index (Phi) is 6.74. The van der Waals surface area contributed by atoms with Crippen molar-refractivity contribution >= 4 is 22.6 Å². The maximum absolute atomic E-state index is 12.8. The zero-order chi connectivity index (χ0) is 22.6. The molecule has 1 aromatic heterocycles. The van der Waals surface area contributed by atoms with E-state index >= 15 is 0 Å². The van der Waals surface area contributed by atoms with Crippen LogP contribution in [0, 0.1) is 5.92 Å². The van der Waals surface area contributed by atoms with Gasteiger partial charge in [-0.3, -0.25) is 4.79 Å². The molecule has 1 aliphatic rings. The van der Waals surface area contributed by atoms with Crippen LogP contribution in [0.2, 0.25) is 0 Å². The van der Waals surface area contributed by atoms with Crippen LogP contribution in [0.15, 0.2) is 54.6 Å². The highest BCUT2D eigenvalue weighted by molar-refractivity contribution is 7.09. The number of benzene rings is 2. The number of hydrogen-bond acceptors (Lipinski definition) is 5. The highest BCUT2D eigenvalue weighted by Crippen LogP contribution is 2.30. The van der Waals surface area contributed by atoms with Gasteiger partial charge in [-0.15, -0.1) is 0 Å². The van der Waals surface area contributed by atoms with E-state index in [4.69, 9.17) is 0 Å². The standard InChI is InChI=1S/C23H23F3N4OS/c24-23(25,26)19-8-4-7-17(13-19)15-27-21(31)18-9-11-30(12-10-18)22-28-20(29-32-22)14-16-5-2-1-3-6-16/h1-8,13,18H,9-12,14-15H2,(H,27,31). The van der Waals surface area contributed by atoms with Gasteiger partial charge in [0.15, 0.2) is 0 Å². The first-order valence-electron chi connectivity index (χ1n) is 10.4. The molecule has 0 saturated carbocycles. The fraction of sp³-hybridized carbons (Fsp3) is 0.348. The summed E-state index contributed by atoms with van der Waals surface area (Å²) >= 11 is 1.37. The Hall–Kier alpha value is -2.94. The van der Waals surface area contributed by atoms with Crippen LogP contribution in [0.4, 0.5) is 18.3 Å². The van der Waals surface area contributed by atoms with Crippen LogP contribution in [0.25, 0.3) is 0 Å². The molecule has 4 rings (SSSR count). The lowest BCUT2D eigenvalue weighted by molar-refractivity contribution is -0.137. The molecule has 1 saturated heterocycles. The summed E-state index contributed by atoms with van der Waals surface area (Å²) in [4.78, 5) is 19.3. The predicted molar refractivity (Wildman–Crippen MR) is 117 cm³/mol. The molecular formula is C23H23F3N4OS. The highest BCUT2D eigenvalue weighted by atomic mass is 32.1. The summed E-state index contributed by atoms with van der Waals surface area (Å²) in [5, 5.41) is 3.64. The van der Waals surface area contributed by atoms with Gasteiger partial charge in [0.05, 0.1) is 5.56 Å².